The number of rotatable bonds is 6. The van der Waals surface area contributed by atoms with Crippen LogP contribution in [0.1, 0.15) is 33.5 Å². The molecule has 1 fully saturated rings. The second-order valence-electron chi connectivity index (χ2n) is 6.58. The van der Waals surface area contributed by atoms with Gasteiger partial charge >= 0.3 is 0 Å². The van der Waals surface area contributed by atoms with E-state index in [1.54, 1.807) is 24.4 Å². The van der Waals surface area contributed by atoms with Crippen LogP contribution in [0.3, 0.4) is 0 Å². The molecule has 11 heteroatoms. The Balaban J connectivity index is 1.34. The third-order valence-electron chi connectivity index (χ3n) is 4.52. The summed E-state index contributed by atoms with van der Waals surface area (Å²) in [6, 6.07) is 9.05. The van der Waals surface area contributed by atoms with Gasteiger partial charge in [-0.05, 0) is 30.7 Å². The summed E-state index contributed by atoms with van der Waals surface area (Å²) in [5.74, 6) is -0.184. The van der Waals surface area contributed by atoms with Crippen LogP contribution in [0.5, 0.6) is 0 Å². The first-order chi connectivity index (χ1) is 14.1. The molecule has 1 aliphatic heterocycles. The molecule has 0 radical (unpaired) electrons. The van der Waals surface area contributed by atoms with Gasteiger partial charge in [-0.15, -0.1) is 15.3 Å². The van der Waals surface area contributed by atoms with Crippen molar-refractivity contribution in [2.24, 2.45) is 5.73 Å². The van der Waals surface area contributed by atoms with Gasteiger partial charge in [0.2, 0.25) is 16.0 Å². The lowest BCUT2D eigenvalue weighted by molar-refractivity contribution is -0.115. The first-order valence-electron chi connectivity index (χ1n) is 9.00. The summed E-state index contributed by atoms with van der Waals surface area (Å²) in [6.07, 6.45) is 2.71. The van der Waals surface area contributed by atoms with Crippen LogP contribution >= 0.6 is 11.3 Å². The Labute approximate surface area is 170 Å². The van der Waals surface area contributed by atoms with Gasteiger partial charge in [-0.25, -0.2) is 0 Å². The zero-order valence-corrected chi connectivity index (χ0v) is 16.2. The third-order valence-corrected chi connectivity index (χ3v) is 5.52. The van der Waals surface area contributed by atoms with E-state index in [9.17, 15) is 9.59 Å². The molecule has 1 aliphatic rings. The van der Waals surface area contributed by atoms with Crippen molar-refractivity contribution in [1.82, 2.24) is 25.4 Å². The highest BCUT2D eigenvalue weighted by molar-refractivity contribution is 7.17. The van der Waals surface area contributed by atoms with Crippen LogP contribution in [0, 0.1) is 0 Å². The average molecular weight is 410 g/mol. The molecular weight excluding hydrogens is 392 g/mol. The number of carbonyl (C=O) groups excluding carboxylic acids is 2. The van der Waals surface area contributed by atoms with Gasteiger partial charge in [0, 0.05) is 30.9 Å². The van der Waals surface area contributed by atoms with E-state index in [-0.39, 0.29) is 23.3 Å². The Morgan fingerprint density at radius 2 is 2.07 bits per heavy atom. The van der Waals surface area contributed by atoms with Gasteiger partial charge < -0.3 is 16.0 Å². The predicted molar refractivity (Wildman–Crippen MR) is 107 cm³/mol. The standard InChI is InChI=1S/C18H18N8O2S/c19-16(28)17-24-25-18(29-17)26-8-6-11(10-26)13-4-5-14(23-22-13)21-15(27)9-12-3-1-2-7-20-12/h1-5,7,11H,6,8-10H2,(H2,19,28)(H,21,23,27). The molecule has 2 amide bonds. The molecule has 3 N–H and O–H groups in total. The number of carbonyl (C=O) groups is 2. The number of nitrogens with two attached hydrogens (primary N) is 1. The van der Waals surface area contributed by atoms with Crippen molar-refractivity contribution < 1.29 is 9.59 Å². The Hall–Kier alpha value is -3.47. The van der Waals surface area contributed by atoms with Crippen LogP contribution in [0.25, 0.3) is 0 Å². The van der Waals surface area contributed by atoms with E-state index >= 15 is 0 Å². The highest BCUT2D eigenvalue weighted by atomic mass is 32.1. The Kier molecular flexibility index (Phi) is 5.38. The van der Waals surface area contributed by atoms with Crippen molar-refractivity contribution in [3.8, 4) is 0 Å². The SMILES string of the molecule is NC(=O)c1nnc(N2CCC(c3ccc(NC(=O)Cc4ccccn4)nn3)C2)s1. The van der Waals surface area contributed by atoms with E-state index in [4.69, 9.17) is 5.73 Å². The lowest BCUT2D eigenvalue weighted by atomic mass is 10.1. The molecular formula is C18H18N8O2S. The van der Waals surface area contributed by atoms with Crippen molar-refractivity contribution in [2.75, 3.05) is 23.3 Å². The summed E-state index contributed by atoms with van der Waals surface area (Å²) in [4.78, 5) is 29.5. The molecule has 148 valence electrons. The highest BCUT2D eigenvalue weighted by Crippen LogP contribution is 2.31. The molecule has 1 atom stereocenters. The summed E-state index contributed by atoms with van der Waals surface area (Å²) in [7, 11) is 0. The van der Waals surface area contributed by atoms with Crippen LogP contribution in [-0.2, 0) is 11.2 Å². The van der Waals surface area contributed by atoms with E-state index in [1.165, 1.54) is 11.3 Å². The zero-order chi connectivity index (χ0) is 20.2. The molecule has 10 nitrogen and oxygen atoms in total. The largest absolute Gasteiger partial charge is 0.363 e. The van der Waals surface area contributed by atoms with Crippen LogP contribution in [0.2, 0.25) is 0 Å². The van der Waals surface area contributed by atoms with Gasteiger partial charge in [0.25, 0.3) is 5.91 Å². The Morgan fingerprint density at radius 3 is 2.76 bits per heavy atom. The summed E-state index contributed by atoms with van der Waals surface area (Å²) >= 11 is 1.19. The fourth-order valence-corrected chi connectivity index (χ4v) is 3.83. The van der Waals surface area contributed by atoms with Crippen molar-refractivity contribution in [3.63, 3.8) is 0 Å². The topological polar surface area (TPSA) is 140 Å². The maximum Gasteiger partial charge on any atom is 0.279 e. The fourth-order valence-electron chi connectivity index (χ4n) is 3.10. The van der Waals surface area contributed by atoms with Gasteiger partial charge in [-0.1, -0.05) is 17.4 Å². The van der Waals surface area contributed by atoms with Crippen LogP contribution in [0.4, 0.5) is 10.9 Å². The molecule has 0 saturated carbocycles. The summed E-state index contributed by atoms with van der Waals surface area (Å²) in [5.41, 5.74) is 6.77. The second kappa shape index (κ2) is 8.27. The molecule has 0 aliphatic carbocycles. The molecule has 1 unspecified atom stereocenters. The average Bonchev–Trinajstić information content (AvgIpc) is 3.39. The first-order valence-corrected chi connectivity index (χ1v) is 9.82. The maximum atomic E-state index is 12.1. The van der Waals surface area contributed by atoms with E-state index < -0.39 is 5.91 Å². The number of hydrogen-bond donors (Lipinski definition) is 2. The van der Waals surface area contributed by atoms with Crippen molar-refractivity contribution in [2.45, 2.75) is 18.8 Å². The van der Waals surface area contributed by atoms with E-state index in [1.807, 2.05) is 12.1 Å². The van der Waals surface area contributed by atoms with Crippen molar-refractivity contribution >= 4 is 34.1 Å². The normalized spacial score (nSPS) is 16.0. The summed E-state index contributed by atoms with van der Waals surface area (Å²) in [6.45, 7) is 1.48. The van der Waals surface area contributed by atoms with E-state index in [0.29, 0.717) is 23.2 Å². The number of nitrogens with one attached hydrogen (secondary N) is 1. The number of anilines is 2. The number of aromatic nitrogens is 5. The molecule has 0 spiro atoms. The molecule has 0 bridgehead atoms. The van der Waals surface area contributed by atoms with Gasteiger partial charge in [0.15, 0.2) is 5.82 Å². The number of primary amides is 1. The van der Waals surface area contributed by atoms with Crippen LogP contribution in [0.15, 0.2) is 36.5 Å². The Morgan fingerprint density at radius 1 is 1.17 bits per heavy atom. The monoisotopic (exact) mass is 410 g/mol. The smallest absolute Gasteiger partial charge is 0.279 e. The van der Waals surface area contributed by atoms with E-state index in [2.05, 4.69) is 35.6 Å². The maximum absolute atomic E-state index is 12.1. The lowest BCUT2D eigenvalue weighted by Crippen LogP contribution is -2.19. The number of amides is 2. The van der Waals surface area contributed by atoms with Gasteiger partial charge in [-0.3, -0.25) is 14.6 Å². The molecule has 0 aromatic carbocycles. The predicted octanol–water partition coefficient (Wildman–Crippen LogP) is 0.997. The lowest BCUT2D eigenvalue weighted by Gasteiger charge is -2.13. The molecule has 4 rings (SSSR count). The molecule has 1 saturated heterocycles. The minimum Gasteiger partial charge on any atom is -0.363 e. The molecule has 29 heavy (non-hydrogen) atoms. The molecule has 4 heterocycles. The zero-order valence-electron chi connectivity index (χ0n) is 15.4. The minimum absolute atomic E-state index is 0.178. The highest BCUT2D eigenvalue weighted by Gasteiger charge is 2.28. The first kappa shape index (κ1) is 18.9. The quantitative estimate of drug-likeness (QED) is 0.613. The summed E-state index contributed by atoms with van der Waals surface area (Å²) in [5, 5.41) is 19.8. The van der Waals surface area contributed by atoms with Crippen molar-refractivity contribution in [3.05, 3.63) is 52.9 Å². The van der Waals surface area contributed by atoms with Crippen LogP contribution < -0.4 is 16.0 Å². The van der Waals surface area contributed by atoms with E-state index in [0.717, 1.165) is 18.7 Å². The fraction of sp³-hybridized carbons (Fsp3) is 0.278. The van der Waals surface area contributed by atoms with Gasteiger partial charge in [0.05, 0.1) is 12.1 Å². The van der Waals surface area contributed by atoms with Gasteiger partial charge in [0.1, 0.15) is 0 Å². The number of hydrogen-bond acceptors (Lipinski definition) is 9. The number of pyridine rings is 1. The summed E-state index contributed by atoms with van der Waals surface area (Å²) < 4.78 is 0. The van der Waals surface area contributed by atoms with Gasteiger partial charge in [-0.2, -0.15) is 5.10 Å². The molecule has 3 aromatic rings. The Bertz CT molecular complexity index is 1010. The number of nitrogens with zero attached hydrogens (tertiary/aromatic N) is 6. The third kappa shape index (κ3) is 4.51. The second-order valence-corrected chi connectivity index (χ2v) is 7.53. The minimum atomic E-state index is -0.573. The van der Waals surface area contributed by atoms with Crippen LogP contribution in [-0.4, -0.2) is 50.3 Å². The van der Waals surface area contributed by atoms with Crippen molar-refractivity contribution in [1.29, 1.82) is 0 Å². The molecule has 3 aromatic heterocycles.